The quantitative estimate of drug-likeness (QED) is 0.895. The van der Waals surface area contributed by atoms with Crippen LogP contribution >= 0.6 is 0 Å². The maximum atomic E-state index is 11.8. The van der Waals surface area contributed by atoms with Crippen molar-refractivity contribution in [3.05, 3.63) is 63.6 Å². The molecule has 0 bridgehead atoms. The van der Waals surface area contributed by atoms with Crippen molar-refractivity contribution in [1.82, 2.24) is 9.88 Å². The van der Waals surface area contributed by atoms with Crippen LogP contribution in [-0.2, 0) is 6.54 Å². The van der Waals surface area contributed by atoms with E-state index >= 15 is 0 Å². The Morgan fingerprint density at radius 2 is 2.00 bits per heavy atom. The topological polar surface area (TPSA) is 34.0 Å². The summed E-state index contributed by atoms with van der Waals surface area (Å²) in [6.45, 7) is 4.60. The average molecular weight is 242 g/mol. The van der Waals surface area contributed by atoms with Crippen molar-refractivity contribution in [2.75, 3.05) is 7.05 Å². The molecule has 0 aliphatic heterocycles. The van der Waals surface area contributed by atoms with Gasteiger partial charge in [0.15, 0.2) is 5.43 Å². The number of rotatable bonds is 3. The number of hydrogen-bond donors (Lipinski definition) is 1. The summed E-state index contributed by atoms with van der Waals surface area (Å²) in [5, 5.41) is 3.02. The lowest BCUT2D eigenvalue weighted by atomic mass is 10.2. The van der Waals surface area contributed by atoms with E-state index in [2.05, 4.69) is 28.9 Å². The number of nitrogens with one attached hydrogen (secondary N) is 1. The normalized spacial score (nSPS) is 10.6. The number of pyridine rings is 1. The van der Waals surface area contributed by atoms with E-state index in [1.54, 1.807) is 6.07 Å². The van der Waals surface area contributed by atoms with Gasteiger partial charge in [-0.25, -0.2) is 0 Å². The molecule has 1 aromatic carbocycles. The van der Waals surface area contributed by atoms with Gasteiger partial charge >= 0.3 is 0 Å². The number of aromatic nitrogens is 1. The van der Waals surface area contributed by atoms with E-state index in [-0.39, 0.29) is 5.43 Å². The third-order valence-electron chi connectivity index (χ3n) is 2.97. The van der Waals surface area contributed by atoms with E-state index in [0.717, 1.165) is 16.9 Å². The van der Waals surface area contributed by atoms with Crippen molar-refractivity contribution in [2.45, 2.75) is 20.4 Å². The highest BCUT2D eigenvalue weighted by atomic mass is 16.1. The first-order valence-corrected chi connectivity index (χ1v) is 6.05. The molecule has 0 atom stereocenters. The van der Waals surface area contributed by atoms with Gasteiger partial charge in [0.05, 0.1) is 0 Å². The van der Waals surface area contributed by atoms with Crippen LogP contribution in [0, 0.1) is 13.8 Å². The van der Waals surface area contributed by atoms with Crippen LogP contribution in [0.3, 0.4) is 0 Å². The summed E-state index contributed by atoms with van der Waals surface area (Å²) in [7, 11) is 1.84. The second-order valence-corrected chi connectivity index (χ2v) is 4.54. The highest BCUT2D eigenvalue weighted by molar-refractivity contribution is 5.38. The van der Waals surface area contributed by atoms with Crippen LogP contribution in [0.5, 0.6) is 0 Å². The van der Waals surface area contributed by atoms with Crippen LogP contribution in [0.1, 0.15) is 16.8 Å². The molecule has 2 aromatic rings. The van der Waals surface area contributed by atoms with Crippen LogP contribution in [0.4, 0.5) is 0 Å². The molecule has 2 rings (SSSR count). The van der Waals surface area contributed by atoms with Gasteiger partial charge in [-0.1, -0.05) is 12.1 Å². The van der Waals surface area contributed by atoms with Crippen molar-refractivity contribution < 1.29 is 0 Å². The zero-order chi connectivity index (χ0) is 13.1. The summed E-state index contributed by atoms with van der Waals surface area (Å²) >= 11 is 0. The van der Waals surface area contributed by atoms with E-state index in [0.29, 0.717) is 6.54 Å². The Labute approximate surface area is 107 Å². The summed E-state index contributed by atoms with van der Waals surface area (Å²) in [6, 6.07) is 9.94. The molecule has 0 aliphatic carbocycles. The third kappa shape index (κ3) is 2.51. The average Bonchev–Trinajstić information content (AvgIpc) is 2.33. The zero-order valence-corrected chi connectivity index (χ0v) is 11.0. The van der Waals surface area contributed by atoms with Crippen molar-refractivity contribution in [3.63, 3.8) is 0 Å². The second kappa shape index (κ2) is 5.19. The molecule has 0 unspecified atom stereocenters. The zero-order valence-electron chi connectivity index (χ0n) is 11.0. The Balaban J connectivity index is 2.57. The van der Waals surface area contributed by atoms with E-state index in [1.807, 2.05) is 32.3 Å². The molecule has 0 aliphatic rings. The molecule has 0 radical (unpaired) electrons. The molecule has 94 valence electrons. The fraction of sp³-hybridized carbons (Fsp3) is 0.267. The Hall–Kier alpha value is -1.87. The lowest BCUT2D eigenvalue weighted by molar-refractivity contribution is 0.794. The minimum Gasteiger partial charge on any atom is -0.321 e. The molecule has 1 heterocycles. The van der Waals surface area contributed by atoms with Crippen LogP contribution < -0.4 is 10.7 Å². The monoisotopic (exact) mass is 242 g/mol. The maximum Gasteiger partial charge on any atom is 0.186 e. The molecular formula is C15H18N2O. The highest BCUT2D eigenvalue weighted by Gasteiger charge is 2.05. The van der Waals surface area contributed by atoms with Gasteiger partial charge in [-0.15, -0.1) is 0 Å². The van der Waals surface area contributed by atoms with E-state index < -0.39 is 0 Å². The standard InChI is InChI=1S/C15H18N2O/c1-11-5-4-6-14(7-11)17-10-13(9-16-3)15(18)8-12(17)2/h4-8,10,16H,9H2,1-3H3. The number of nitrogens with zero attached hydrogens (tertiary/aromatic N) is 1. The molecule has 18 heavy (non-hydrogen) atoms. The lowest BCUT2D eigenvalue weighted by Gasteiger charge is -2.13. The fourth-order valence-electron chi connectivity index (χ4n) is 2.05. The summed E-state index contributed by atoms with van der Waals surface area (Å²) in [5.74, 6) is 0. The Morgan fingerprint density at radius 3 is 2.67 bits per heavy atom. The highest BCUT2D eigenvalue weighted by Crippen LogP contribution is 2.12. The Kier molecular flexibility index (Phi) is 3.63. The SMILES string of the molecule is CNCc1cn(-c2cccc(C)c2)c(C)cc1=O. The van der Waals surface area contributed by atoms with Gasteiger partial charge < -0.3 is 9.88 Å². The smallest absolute Gasteiger partial charge is 0.186 e. The Morgan fingerprint density at radius 1 is 1.22 bits per heavy atom. The van der Waals surface area contributed by atoms with Crippen LogP contribution in [0.15, 0.2) is 41.3 Å². The minimum absolute atomic E-state index is 0.0887. The first-order valence-electron chi connectivity index (χ1n) is 6.05. The van der Waals surface area contributed by atoms with Gasteiger partial charge in [0.1, 0.15) is 0 Å². The van der Waals surface area contributed by atoms with Gasteiger partial charge in [-0.3, -0.25) is 4.79 Å². The molecule has 1 aromatic heterocycles. The molecule has 0 spiro atoms. The van der Waals surface area contributed by atoms with Crippen molar-refractivity contribution in [1.29, 1.82) is 0 Å². The van der Waals surface area contributed by atoms with E-state index in [1.165, 1.54) is 5.56 Å². The molecule has 0 saturated heterocycles. The van der Waals surface area contributed by atoms with E-state index in [4.69, 9.17) is 0 Å². The largest absolute Gasteiger partial charge is 0.321 e. The van der Waals surface area contributed by atoms with Crippen molar-refractivity contribution in [2.24, 2.45) is 0 Å². The number of benzene rings is 1. The summed E-state index contributed by atoms with van der Waals surface area (Å²) in [6.07, 6.45) is 1.92. The number of aryl methyl sites for hydroxylation is 2. The van der Waals surface area contributed by atoms with Gasteiger partial charge in [-0.2, -0.15) is 0 Å². The van der Waals surface area contributed by atoms with Gasteiger partial charge in [0.25, 0.3) is 0 Å². The molecular weight excluding hydrogens is 224 g/mol. The lowest BCUT2D eigenvalue weighted by Crippen LogP contribution is -2.19. The predicted molar refractivity (Wildman–Crippen MR) is 74.3 cm³/mol. The van der Waals surface area contributed by atoms with Gasteiger partial charge in [0.2, 0.25) is 0 Å². The van der Waals surface area contributed by atoms with Crippen LogP contribution in [0.2, 0.25) is 0 Å². The minimum atomic E-state index is 0.0887. The molecule has 1 N–H and O–H groups in total. The first-order chi connectivity index (χ1) is 8.61. The molecule has 0 amide bonds. The molecule has 3 heteroatoms. The van der Waals surface area contributed by atoms with Gasteiger partial charge in [0, 0.05) is 35.8 Å². The second-order valence-electron chi connectivity index (χ2n) is 4.54. The Bertz CT molecular complexity index is 614. The van der Waals surface area contributed by atoms with Crippen LogP contribution in [-0.4, -0.2) is 11.6 Å². The van der Waals surface area contributed by atoms with Crippen molar-refractivity contribution >= 4 is 0 Å². The van der Waals surface area contributed by atoms with Crippen LogP contribution in [0.25, 0.3) is 5.69 Å². The van der Waals surface area contributed by atoms with Crippen molar-refractivity contribution in [3.8, 4) is 5.69 Å². The van der Waals surface area contributed by atoms with E-state index in [9.17, 15) is 4.79 Å². The number of hydrogen-bond acceptors (Lipinski definition) is 2. The summed E-state index contributed by atoms with van der Waals surface area (Å²) in [5.41, 5.74) is 4.12. The molecule has 0 fully saturated rings. The van der Waals surface area contributed by atoms with Gasteiger partial charge in [-0.05, 0) is 38.6 Å². The first kappa shape index (κ1) is 12.6. The fourth-order valence-corrected chi connectivity index (χ4v) is 2.05. The summed E-state index contributed by atoms with van der Waals surface area (Å²) in [4.78, 5) is 11.8. The molecule has 0 saturated carbocycles. The third-order valence-corrected chi connectivity index (χ3v) is 2.97. The summed E-state index contributed by atoms with van der Waals surface area (Å²) < 4.78 is 2.06. The maximum absolute atomic E-state index is 11.8. The molecule has 3 nitrogen and oxygen atoms in total. The predicted octanol–water partition coefficient (Wildman–Crippen LogP) is 2.17.